The van der Waals surface area contributed by atoms with Crippen LogP contribution in [0, 0.1) is 10.1 Å². The predicted molar refractivity (Wildman–Crippen MR) is 89.5 cm³/mol. The van der Waals surface area contributed by atoms with Gasteiger partial charge in [-0.2, -0.15) is 0 Å². The number of methoxy groups -OCH3 is 1. The van der Waals surface area contributed by atoms with E-state index in [2.05, 4.69) is 0 Å². The Bertz CT molecular complexity index is 826. The Morgan fingerprint density at radius 3 is 2.58 bits per heavy atom. The number of allylic oxidation sites excluding steroid dienone is 1. The van der Waals surface area contributed by atoms with Crippen LogP contribution in [0.25, 0.3) is 0 Å². The van der Waals surface area contributed by atoms with Crippen molar-refractivity contribution in [3.05, 3.63) is 62.7 Å². The first-order valence-corrected chi connectivity index (χ1v) is 7.69. The standard InChI is InChI=1S/C17H18N2O7/c1-4-25-17(21)14-13(10-6-5-7-11(8-10)19(22)23)12(16(20)24-3)9(2)26-15(14)18/h5-8,13H,4,18H2,1-3H3. The molecule has 1 aliphatic heterocycles. The van der Waals surface area contributed by atoms with Crippen molar-refractivity contribution in [1.82, 2.24) is 0 Å². The summed E-state index contributed by atoms with van der Waals surface area (Å²) in [6.45, 7) is 3.18. The Morgan fingerprint density at radius 1 is 1.31 bits per heavy atom. The number of nitrogens with zero attached hydrogens (tertiary/aromatic N) is 1. The second-order valence-electron chi connectivity index (χ2n) is 5.35. The highest BCUT2D eigenvalue weighted by Crippen LogP contribution is 2.41. The van der Waals surface area contributed by atoms with Gasteiger partial charge in [0.25, 0.3) is 5.69 Å². The number of esters is 2. The monoisotopic (exact) mass is 362 g/mol. The van der Waals surface area contributed by atoms with Gasteiger partial charge in [-0.3, -0.25) is 10.1 Å². The minimum absolute atomic E-state index is 0.0188. The molecule has 1 aliphatic rings. The normalized spacial score (nSPS) is 16.8. The number of nitro benzene ring substituents is 1. The molecule has 1 aromatic carbocycles. The molecule has 26 heavy (non-hydrogen) atoms. The van der Waals surface area contributed by atoms with Gasteiger partial charge in [0.05, 0.1) is 30.1 Å². The molecule has 0 fully saturated rings. The van der Waals surface area contributed by atoms with Gasteiger partial charge in [-0.05, 0) is 19.4 Å². The summed E-state index contributed by atoms with van der Waals surface area (Å²) >= 11 is 0. The molecule has 0 bridgehead atoms. The zero-order chi connectivity index (χ0) is 19.4. The van der Waals surface area contributed by atoms with Crippen LogP contribution in [0.15, 0.2) is 47.1 Å². The van der Waals surface area contributed by atoms with Crippen molar-refractivity contribution in [2.75, 3.05) is 13.7 Å². The molecule has 2 rings (SSSR count). The van der Waals surface area contributed by atoms with Crippen molar-refractivity contribution in [3.8, 4) is 0 Å². The van der Waals surface area contributed by atoms with Gasteiger partial charge < -0.3 is 19.9 Å². The molecule has 0 aliphatic carbocycles. The van der Waals surface area contributed by atoms with Crippen LogP contribution in [-0.2, 0) is 23.8 Å². The Balaban J connectivity index is 2.70. The van der Waals surface area contributed by atoms with E-state index in [0.29, 0.717) is 5.56 Å². The van der Waals surface area contributed by atoms with Crippen LogP contribution in [0.5, 0.6) is 0 Å². The number of hydrogen-bond acceptors (Lipinski definition) is 8. The minimum Gasteiger partial charge on any atom is -0.466 e. The van der Waals surface area contributed by atoms with Gasteiger partial charge in [0, 0.05) is 12.1 Å². The molecule has 9 heteroatoms. The predicted octanol–water partition coefficient (Wildman–Crippen LogP) is 1.89. The molecule has 0 saturated carbocycles. The fourth-order valence-electron chi connectivity index (χ4n) is 2.71. The molecule has 0 saturated heterocycles. The van der Waals surface area contributed by atoms with Crippen molar-refractivity contribution < 1.29 is 28.7 Å². The van der Waals surface area contributed by atoms with E-state index in [9.17, 15) is 19.7 Å². The maximum absolute atomic E-state index is 12.4. The van der Waals surface area contributed by atoms with Gasteiger partial charge in [0.1, 0.15) is 11.3 Å². The summed E-state index contributed by atoms with van der Waals surface area (Å²) in [6, 6.07) is 5.56. The van der Waals surface area contributed by atoms with Gasteiger partial charge in [-0.1, -0.05) is 12.1 Å². The van der Waals surface area contributed by atoms with Crippen molar-refractivity contribution in [1.29, 1.82) is 0 Å². The first kappa shape index (κ1) is 19.0. The lowest BCUT2D eigenvalue weighted by molar-refractivity contribution is -0.384. The lowest BCUT2D eigenvalue weighted by atomic mass is 9.82. The van der Waals surface area contributed by atoms with Crippen molar-refractivity contribution >= 4 is 17.6 Å². The van der Waals surface area contributed by atoms with Gasteiger partial charge >= 0.3 is 11.9 Å². The third kappa shape index (κ3) is 3.51. The molecule has 0 amide bonds. The molecule has 1 atom stereocenters. The van der Waals surface area contributed by atoms with Crippen molar-refractivity contribution in [2.24, 2.45) is 5.73 Å². The molecule has 9 nitrogen and oxygen atoms in total. The third-order valence-electron chi connectivity index (χ3n) is 3.80. The van der Waals surface area contributed by atoms with Gasteiger partial charge in [0.15, 0.2) is 0 Å². The molecule has 2 N–H and O–H groups in total. The topological polar surface area (TPSA) is 131 Å². The summed E-state index contributed by atoms with van der Waals surface area (Å²) in [5, 5.41) is 11.1. The highest BCUT2D eigenvalue weighted by Gasteiger charge is 2.40. The van der Waals surface area contributed by atoms with Crippen LogP contribution in [0.1, 0.15) is 25.3 Å². The maximum atomic E-state index is 12.4. The van der Waals surface area contributed by atoms with E-state index in [1.54, 1.807) is 13.0 Å². The Labute approximate surface area is 149 Å². The van der Waals surface area contributed by atoms with E-state index in [1.165, 1.54) is 32.2 Å². The van der Waals surface area contributed by atoms with Gasteiger partial charge in [-0.15, -0.1) is 0 Å². The minimum atomic E-state index is -1.02. The lowest BCUT2D eigenvalue weighted by Gasteiger charge is -2.28. The summed E-state index contributed by atoms with van der Waals surface area (Å²) < 4.78 is 15.1. The number of rotatable bonds is 5. The van der Waals surface area contributed by atoms with Crippen molar-refractivity contribution in [2.45, 2.75) is 19.8 Å². The zero-order valence-electron chi connectivity index (χ0n) is 14.5. The third-order valence-corrected chi connectivity index (χ3v) is 3.80. The second-order valence-corrected chi connectivity index (χ2v) is 5.35. The molecular formula is C17H18N2O7. The number of carbonyl (C=O) groups excluding carboxylic acids is 2. The molecule has 138 valence electrons. The summed E-state index contributed by atoms with van der Waals surface area (Å²) in [5.41, 5.74) is 5.89. The molecule has 1 unspecified atom stereocenters. The fourth-order valence-corrected chi connectivity index (χ4v) is 2.71. The van der Waals surface area contributed by atoms with E-state index in [4.69, 9.17) is 19.9 Å². The number of hydrogen-bond donors (Lipinski definition) is 1. The number of nitro groups is 1. The summed E-state index contributed by atoms with van der Waals surface area (Å²) in [6.07, 6.45) is 0. The van der Waals surface area contributed by atoms with Crippen LogP contribution in [0.2, 0.25) is 0 Å². The summed E-state index contributed by atoms with van der Waals surface area (Å²) in [5.74, 6) is -2.64. The smallest absolute Gasteiger partial charge is 0.340 e. The average Bonchev–Trinajstić information content (AvgIpc) is 2.60. The van der Waals surface area contributed by atoms with Crippen LogP contribution < -0.4 is 5.73 Å². The SMILES string of the molecule is CCOC(=O)C1=C(N)OC(C)=C(C(=O)OC)C1c1cccc([N+](=O)[O-])c1. The molecule has 1 aromatic rings. The Hall–Kier alpha value is -3.36. The first-order chi connectivity index (χ1) is 12.3. The van der Waals surface area contributed by atoms with Crippen LogP contribution in [0.3, 0.4) is 0 Å². The summed E-state index contributed by atoms with van der Waals surface area (Å²) in [4.78, 5) is 35.3. The highest BCUT2D eigenvalue weighted by atomic mass is 16.6. The Kier molecular flexibility index (Phi) is 5.61. The first-order valence-electron chi connectivity index (χ1n) is 7.69. The number of carbonyl (C=O) groups is 2. The average molecular weight is 362 g/mol. The molecule has 0 spiro atoms. The van der Waals surface area contributed by atoms with Crippen LogP contribution >= 0.6 is 0 Å². The van der Waals surface area contributed by atoms with Crippen molar-refractivity contribution in [3.63, 3.8) is 0 Å². The molecular weight excluding hydrogens is 344 g/mol. The molecule has 1 heterocycles. The van der Waals surface area contributed by atoms with Gasteiger partial charge in [-0.25, -0.2) is 9.59 Å². The maximum Gasteiger partial charge on any atom is 0.340 e. The highest BCUT2D eigenvalue weighted by molar-refractivity contribution is 5.99. The van der Waals surface area contributed by atoms with E-state index >= 15 is 0 Å². The molecule has 0 radical (unpaired) electrons. The number of nitrogens with two attached hydrogens (primary N) is 1. The second kappa shape index (κ2) is 7.68. The van der Waals surface area contributed by atoms with Gasteiger partial charge in [0.2, 0.25) is 5.88 Å². The van der Waals surface area contributed by atoms with E-state index in [0.717, 1.165) is 0 Å². The van der Waals surface area contributed by atoms with E-state index in [1.807, 2.05) is 0 Å². The quantitative estimate of drug-likeness (QED) is 0.477. The van der Waals surface area contributed by atoms with Crippen LogP contribution in [-0.4, -0.2) is 30.6 Å². The Morgan fingerprint density at radius 2 is 2.00 bits per heavy atom. The number of benzene rings is 1. The summed E-state index contributed by atoms with van der Waals surface area (Å²) in [7, 11) is 1.18. The molecule has 0 aromatic heterocycles. The lowest BCUT2D eigenvalue weighted by Crippen LogP contribution is -2.30. The zero-order valence-corrected chi connectivity index (χ0v) is 14.5. The number of non-ortho nitro benzene ring substituents is 1. The van der Waals surface area contributed by atoms with Crippen LogP contribution in [0.4, 0.5) is 5.69 Å². The van der Waals surface area contributed by atoms with E-state index < -0.39 is 22.8 Å². The largest absolute Gasteiger partial charge is 0.466 e. The van der Waals surface area contributed by atoms with E-state index in [-0.39, 0.29) is 35.1 Å². The fraction of sp³-hybridized carbons (Fsp3) is 0.294. The number of ether oxygens (including phenoxy) is 3.